The molecule has 0 amide bonds. The van der Waals surface area contributed by atoms with Gasteiger partial charge < -0.3 is 4.90 Å². The first kappa shape index (κ1) is 16.5. The zero-order valence-corrected chi connectivity index (χ0v) is 12.8. The first-order valence-corrected chi connectivity index (χ1v) is 7.92. The summed E-state index contributed by atoms with van der Waals surface area (Å²) in [5.74, 6) is 0. The molecule has 1 N–H and O–H groups in total. The Morgan fingerprint density at radius 3 is 2.59 bits per heavy atom. The van der Waals surface area contributed by atoms with Gasteiger partial charge in [-0.15, -0.1) is 0 Å². The van der Waals surface area contributed by atoms with Crippen molar-refractivity contribution in [1.29, 1.82) is 5.26 Å². The van der Waals surface area contributed by atoms with Gasteiger partial charge in [-0.05, 0) is 37.3 Å². The van der Waals surface area contributed by atoms with E-state index in [1.807, 2.05) is 0 Å². The van der Waals surface area contributed by atoms with Crippen molar-refractivity contribution in [1.82, 2.24) is 5.32 Å². The fourth-order valence-electron chi connectivity index (χ4n) is 2.34. The Morgan fingerprint density at radius 2 is 2.05 bits per heavy atom. The molecule has 2 rings (SSSR count). The van der Waals surface area contributed by atoms with E-state index in [0.717, 1.165) is 30.7 Å². The Balaban J connectivity index is 2.41. The van der Waals surface area contributed by atoms with E-state index in [0.29, 0.717) is 13.1 Å². The molecule has 0 bridgehead atoms. The fraction of sp³-hybridized carbons (Fsp3) is 0.429. The van der Waals surface area contributed by atoms with Crippen LogP contribution in [-0.4, -0.2) is 24.5 Å². The molecule has 8 heteroatoms. The zero-order valence-electron chi connectivity index (χ0n) is 11.9. The molecule has 1 fully saturated rings. The summed E-state index contributed by atoms with van der Waals surface area (Å²) in [5, 5.41) is 11.2. The van der Waals surface area contributed by atoms with Crippen molar-refractivity contribution in [3.63, 3.8) is 0 Å². The van der Waals surface area contributed by atoms with Crippen LogP contribution in [0.1, 0.15) is 18.4 Å². The smallest absolute Gasteiger partial charge is 0.371 e. The highest BCUT2D eigenvalue weighted by atomic mass is 32.2. The van der Waals surface area contributed by atoms with Gasteiger partial charge in [0.1, 0.15) is 0 Å². The van der Waals surface area contributed by atoms with Crippen LogP contribution in [0, 0.1) is 11.5 Å². The molecule has 1 saturated heterocycles. The number of alkyl halides is 3. The Labute approximate surface area is 131 Å². The molecule has 0 aromatic heterocycles. The van der Waals surface area contributed by atoms with Gasteiger partial charge in [-0.2, -0.15) is 18.4 Å². The lowest BCUT2D eigenvalue weighted by Gasteiger charge is -2.22. The maximum atomic E-state index is 13.3. The molecule has 1 aromatic rings. The van der Waals surface area contributed by atoms with E-state index in [-0.39, 0.29) is 16.5 Å². The predicted molar refractivity (Wildman–Crippen MR) is 82.2 cm³/mol. The van der Waals surface area contributed by atoms with Crippen LogP contribution >= 0.6 is 11.8 Å². The minimum absolute atomic E-state index is 0.169. The van der Waals surface area contributed by atoms with Gasteiger partial charge >= 0.3 is 6.18 Å². The van der Waals surface area contributed by atoms with Gasteiger partial charge in [-0.25, -0.2) is 4.99 Å². The Hall–Kier alpha value is -1.88. The van der Waals surface area contributed by atoms with Crippen molar-refractivity contribution in [3.8, 4) is 6.19 Å². The molecule has 1 aliphatic rings. The minimum Gasteiger partial charge on any atom is -0.371 e. The van der Waals surface area contributed by atoms with Crippen LogP contribution in [0.5, 0.6) is 0 Å². The van der Waals surface area contributed by atoms with Gasteiger partial charge in [-0.3, -0.25) is 5.32 Å². The van der Waals surface area contributed by atoms with E-state index in [9.17, 15) is 13.2 Å². The number of nitrogens with zero attached hydrogens (tertiary/aromatic N) is 3. The summed E-state index contributed by atoms with van der Waals surface area (Å²) in [6.45, 7) is 1.27. The second-order valence-corrected chi connectivity index (χ2v) is 5.55. The molecule has 1 aromatic carbocycles. The average Bonchev–Trinajstić information content (AvgIpc) is 3.00. The number of rotatable bonds is 2. The summed E-state index contributed by atoms with van der Waals surface area (Å²) in [4.78, 5) is 5.79. The van der Waals surface area contributed by atoms with Crippen LogP contribution in [0.4, 0.5) is 24.5 Å². The van der Waals surface area contributed by atoms with Gasteiger partial charge in [0, 0.05) is 18.8 Å². The molecule has 0 radical (unpaired) electrons. The van der Waals surface area contributed by atoms with Crippen LogP contribution in [0.3, 0.4) is 0 Å². The van der Waals surface area contributed by atoms with Gasteiger partial charge in [0.15, 0.2) is 11.4 Å². The monoisotopic (exact) mass is 328 g/mol. The molecule has 1 heterocycles. The molecular weight excluding hydrogens is 313 g/mol. The van der Waals surface area contributed by atoms with Crippen molar-refractivity contribution in [3.05, 3.63) is 23.8 Å². The minimum atomic E-state index is -4.44. The second kappa shape index (κ2) is 6.92. The summed E-state index contributed by atoms with van der Waals surface area (Å²) in [5.41, 5.74) is -0.321. The third-order valence-electron chi connectivity index (χ3n) is 3.32. The maximum Gasteiger partial charge on any atom is 0.418 e. The maximum absolute atomic E-state index is 13.3. The van der Waals surface area contributed by atoms with Crippen LogP contribution in [0.15, 0.2) is 23.2 Å². The molecule has 0 spiro atoms. The highest BCUT2D eigenvalue weighted by Crippen LogP contribution is 2.39. The molecule has 118 valence electrons. The van der Waals surface area contributed by atoms with Gasteiger partial charge in [0.05, 0.1) is 11.3 Å². The standard InChI is InChI=1S/C14H15F3N4S/c1-22-13(19-9-18)20-10-4-5-12(21-6-2-3-7-21)11(8-10)14(15,16)17/h4-5,8H,2-3,6-7H2,1H3,(H,19,20). The second-order valence-electron chi connectivity index (χ2n) is 4.75. The molecule has 0 aliphatic carbocycles. The van der Waals surface area contributed by atoms with E-state index >= 15 is 0 Å². The fourth-order valence-corrected chi connectivity index (χ4v) is 2.69. The molecule has 22 heavy (non-hydrogen) atoms. The first-order chi connectivity index (χ1) is 10.5. The Morgan fingerprint density at radius 1 is 1.36 bits per heavy atom. The number of benzene rings is 1. The SMILES string of the molecule is CSC(=Nc1ccc(N2CCCC2)c(C(F)(F)F)c1)NC#N. The number of nitriles is 1. The van der Waals surface area contributed by atoms with Crippen molar-refractivity contribution < 1.29 is 13.2 Å². The van der Waals surface area contributed by atoms with Crippen molar-refractivity contribution >= 4 is 28.3 Å². The van der Waals surface area contributed by atoms with Crippen molar-refractivity contribution in [2.45, 2.75) is 19.0 Å². The summed E-state index contributed by atoms with van der Waals surface area (Å²) in [7, 11) is 0. The first-order valence-electron chi connectivity index (χ1n) is 6.69. The summed E-state index contributed by atoms with van der Waals surface area (Å²) < 4.78 is 39.9. The van der Waals surface area contributed by atoms with Gasteiger partial charge in [-0.1, -0.05) is 11.8 Å². The number of amidine groups is 1. The van der Waals surface area contributed by atoms with Crippen LogP contribution < -0.4 is 10.2 Å². The molecule has 0 atom stereocenters. The van der Waals surface area contributed by atoms with Crippen LogP contribution in [-0.2, 0) is 6.18 Å². The average molecular weight is 328 g/mol. The van der Waals surface area contributed by atoms with E-state index in [2.05, 4.69) is 10.3 Å². The number of thioether (sulfide) groups is 1. The molecule has 0 saturated carbocycles. The van der Waals surface area contributed by atoms with Gasteiger partial charge in [0.2, 0.25) is 0 Å². The Bertz CT molecular complexity index is 601. The van der Waals surface area contributed by atoms with E-state index < -0.39 is 11.7 Å². The predicted octanol–water partition coefficient (Wildman–Crippen LogP) is 3.73. The number of aliphatic imine (C=N–C) groups is 1. The number of hydrogen-bond donors (Lipinski definition) is 1. The lowest BCUT2D eigenvalue weighted by molar-refractivity contribution is -0.137. The molecule has 0 unspecified atom stereocenters. The van der Waals surface area contributed by atoms with E-state index in [1.165, 1.54) is 12.1 Å². The van der Waals surface area contributed by atoms with Crippen molar-refractivity contribution in [2.75, 3.05) is 24.2 Å². The normalized spacial score (nSPS) is 15.8. The molecule has 1 aliphatic heterocycles. The number of halogens is 3. The highest BCUT2D eigenvalue weighted by Gasteiger charge is 2.35. The van der Waals surface area contributed by atoms with Gasteiger partial charge in [0.25, 0.3) is 0 Å². The number of hydrogen-bond acceptors (Lipinski definition) is 4. The topological polar surface area (TPSA) is 51.4 Å². The van der Waals surface area contributed by atoms with E-state index in [4.69, 9.17) is 5.26 Å². The lowest BCUT2D eigenvalue weighted by Crippen LogP contribution is -2.22. The summed E-state index contributed by atoms with van der Waals surface area (Å²) in [6, 6.07) is 4.03. The van der Waals surface area contributed by atoms with E-state index in [1.54, 1.807) is 17.3 Å². The molecule has 4 nitrogen and oxygen atoms in total. The number of anilines is 1. The van der Waals surface area contributed by atoms with Crippen molar-refractivity contribution in [2.24, 2.45) is 4.99 Å². The third-order valence-corrected chi connectivity index (χ3v) is 3.90. The quantitative estimate of drug-likeness (QED) is 0.389. The largest absolute Gasteiger partial charge is 0.418 e. The summed E-state index contributed by atoms with van der Waals surface area (Å²) in [6.07, 6.45) is 0.761. The zero-order chi connectivity index (χ0) is 16.2. The Kier molecular flexibility index (Phi) is 5.19. The summed E-state index contributed by atoms with van der Waals surface area (Å²) >= 11 is 1.16. The third kappa shape index (κ3) is 3.85. The number of nitrogens with one attached hydrogen (secondary N) is 1. The molecular formula is C14H15F3N4S. The van der Waals surface area contributed by atoms with Crippen LogP contribution in [0.25, 0.3) is 0 Å². The lowest BCUT2D eigenvalue weighted by atomic mass is 10.1. The van der Waals surface area contributed by atoms with Crippen LogP contribution in [0.2, 0.25) is 0 Å². The highest BCUT2D eigenvalue weighted by molar-refractivity contribution is 8.13.